The van der Waals surface area contributed by atoms with Crippen molar-refractivity contribution in [2.24, 2.45) is 0 Å². The Bertz CT molecular complexity index is 247. The van der Waals surface area contributed by atoms with E-state index in [1.165, 1.54) is 0 Å². The second-order valence-corrected chi connectivity index (χ2v) is 3.80. The van der Waals surface area contributed by atoms with E-state index in [0.29, 0.717) is 6.61 Å². The van der Waals surface area contributed by atoms with Crippen LogP contribution in [0.1, 0.15) is 5.82 Å². The van der Waals surface area contributed by atoms with Crippen LogP contribution in [0.5, 0.6) is 0 Å². The average Bonchev–Trinajstić information content (AvgIpc) is 1.99. The SMILES string of the molecule is COCCc1nc(Br)cc(Br)n1. The molecule has 0 saturated carbocycles. The van der Waals surface area contributed by atoms with Crippen molar-refractivity contribution in [2.45, 2.75) is 6.42 Å². The Kier molecular flexibility index (Phi) is 4.11. The molecule has 1 aromatic heterocycles. The van der Waals surface area contributed by atoms with E-state index in [1.807, 2.05) is 0 Å². The highest BCUT2D eigenvalue weighted by molar-refractivity contribution is 9.11. The summed E-state index contributed by atoms with van der Waals surface area (Å²) in [6.07, 6.45) is 0.731. The molecule has 0 radical (unpaired) electrons. The first-order valence-electron chi connectivity index (χ1n) is 3.40. The van der Waals surface area contributed by atoms with Gasteiger partial charge < -0.3 is 4.74 Å². The number of hydrogen-bond donors (Lipinski definition) is 0. The number of aromatic nitrogens is 2. The molecule has 0 unspecified atom stereocenters. The Morgan fingerprint density at radius 2 is 1.92 bits per heavy atom. The maximum absolute atomic E-state index is 4.91. The van der Waals surface area contributed by atoms with Gasteiger partial charge in [0.05, 0.1) is 6.61 Å². The van der Waals surface area contributed by atoms with E-state index in [2.05, 4.69) is 41.8 Å². The van der Waals surface area contributed by atoms with Gasteiger partial charge in [-0.15, -0.1) is 0 Å². The summed E-state index contributed by atoms with van der Waals surface area (Å²) in [4.78, 5) is 8.33. The molecule has 3 nitrogen and oxygen atoms in total. The zero-order valence-corrected chi connectivity index (χ0v) is 9.72. The molecule has 0 aliphatic rings. The number of nitrogens with zero attached hydrogens (tertiary/aromatic N) is 2. The summed E-state index contributed by atoms with van der Waals surface area (Å²) in [7, 11) is 1.66. The van der Waals surface area contributed by atoms with Crippen LogP contribution < -0.4 is 0 Å². The summed E-state index contributed by atoms with van der Waals surface area (Å²) >= 11 is 6.57. The lowest BCUT2D eigenvalue weighted by Crippen LogP contribution is -2.00. The highest BCUT2D eigenvalue weighted by Gasteiger charge is 1.99. The van der Waals surface area contributed by atoms with Crippen LogP contribution in [-0.4, -0.2) is 23.7 Å². The fourth-order valence-electron chi connectivity index (χ4n) is 0.740. The maximum Gasteiger partial charge on any atom is 0.133 e. The number of ether oxygens (including phenoxy) is 1. The molecule has 0 amide bonds. The first-order valence-corrected chi connectivity index (χ1v) is 4.99. The number of hydrogen-bond acceptors (Lipinski definition) is 3. The molecule has 5 heteroatoms. The first kappa shape index (κ1) is 10.1. The highest BCUT2D eigenvalue weighted by Crippen LogP contribution is 2.13. The minimum Gasteiger partial charge on any atom is -0.384 e. The van der Waals surface area contributed by atoms with E-state index in [9.17, 15) is 0 Å². The predicted octanol–water partition coefficient (Wildman–Crippen LogP) is 2.19. The number of methoxy groups -OCH3 is 1. The van der Waals surface area contributed by atoms with Gasteiger partial charge in [-0.3, -0.25) is 0 Å². The van der Waals surface area contributed by atoms with Gasteiger partial charge in [-0.2, -0.15) is 0 Å². The fraction of sp³-hybridized carbons (Fsp3) is 0.429. The first-order chi connectivity index (χ1) is 5.72. The predicted molar refractivity (Wildman–Crippen MR) is 53.0 cm³/mol. The molecule has 1 aromatic rings. The topological polar surface area (TPSA) is 35.0 Å². The second-order valence-electron chi connectivity index (χ2n) is 2.17. The summed E-state index contributed by atoms with van der Waals surface area (Å²) in [5.74, 6) is 0.776. The van der Waals surface area contributed by atoms with Gasteiger partial charge in [0, 0.05) is 19.6 Å². The molecule has 0 atom stereocenters. The third kappa shape index (κ3) is 3.16. The lowest BCUT2D eigenvalue weighted by molar-refractivity contribution is 0.200. The molecule has 0 spiro atoms. The van der Waals surface area contributed by atoms with Crippen LogP contribution in [0.25, 0.3) is 0 Å². The zero-order valence-electron chi connectivity index (χ0n) is 6.55. The Hall–Kier alpha value is -0.0000000000000000555. The standard InChI is InChI=1S/C7H8Br2N2O/c1-12-3-2-7-10-5(8)4-6(9)11-7/h4H,2-3H2,1H3. The van der Waals surface area contributed by atoms with Crippen LogP contribution in [0.2, 0.25) is 0 Å². The van der Waals surface area contributed by atoms with Crippen molar-refractivity contribution in [2.75, 3.05) is 13.7 Å². The molecule has 12 heavy (non-hydrogen) atoms. The zero-order chi connectivity index (χ0) is 8.97. The van der Waals surface area contributed by atoms with Crippen LogP contribution in [0.3, 0.4) is 0 Å². The molecule has 0 aliphatic heterocycles. The molecule has 0 aliphatic carbocycles. The van der Waals surface area contributed by atoms with Gasteiger partial charge in [0.15, 0.2) is 0 Å². The summed E-state index contributed by atoms with van der Waals surface area (Å²) in [6.45, 7) is 0.642. The molecule has 0 bridgehead atoms. The van der Waals surface area contributed by atoms with Gasteiger partial charge in [0.1, 0.15) is 15.0 Å². The third-order valence-electron chi connectivity index (χ3n) is 1.24. The van der Waals surface area contributed by atoms with Crippen LogP contribution in [0, 0.1) is 0 Å². The van der Waals surface area contributed by atoms with Gasteiger partial charge >= 0.3 is 0 Å². The van der Waals surface area contributed by atoms with Crippen LogP contribution in [0.15, 0.2) is 15.3 Å². The monoisotopic (exact) mass is 294 g/mol. The summed E-state index contributed by atoms with van der Waals surface area (Å²) in [6, 6.07) is 1.80. The van der Waals surface area contributed by atoms with Gasteiger partial charge in [-0.1, -0.05) is 0 Å². The van der Waals surface area contributed by atoms with Gasteiger partial charge in [0.25, 0.3) is 0 Å². The second kappa shape index (κ2) is 4.89. The van der Waals surface area contributed by atoms with Crippen molar-refractivity contribution in [3.05, 3.63) is 21.1 Å². The molecule has 0 saturated heterocycles. The Morgan fingerprint density at radius 1 is 1.33 bits per heavy atom. The van der Waals surface area contributed by atoms with Crippen LogP contribution in [0.4, 0.5) is 0 Å². The minimum atomic E-state index is 0.642. The molecular weight excluding hydrogens is 288 g/mol. The third-order valence-corrected chi connectivity index (χ3v) is 2.05. The fourth-order valence-corrected chi connectivity index (χ4v) is 1.89. The lowest BCUT2D eigenvalue weighted by atomic mass is 10.4. The molecule has 1 rings (SSSR count). The smallest absolute Gasteiger partial charge is 0.133 e. The number of halogens is 2. The summed E-state index contributed by atoms with van der Waals surface area (Å²) < 4.78 is 6.49. The van der Waals surface area contributed by atoms with Gasteiger partial charge in [-0.25, -0.2) is 9.97 Å². The van der Waals surface area contributed by atoms with Gasteiger partial charge in [-0.05, 0) is 31.9 Å². The normalized spacial score (nSPS) is 10.2. The number of rotatable bonds is 3. The molecule has 0 aromatic carbocycles. The largest absolute Gasteiger partial charge is 0.384 e. The highest BCUT2D eigenvalue weighted by atomic mass is 79.9. The summed E-state index contributed by atoms with van der Waals surface area (Å²) in [5.41, 5.74) is 0. The van der Waals surface area contributed by atoms with E-state index in [4.69, 9.17) is 4.74 Å². The van der Waals surface area contributed by atoms with E-state index >= 15 is 0 Å². The van der Waals surface area contributed by atoms with Crippen molar-refractivity contribution in [3.63, 3.8) is 0 Å². The average molecular weight is 296 g/mol. The van der Waals surface area contributed by atoms with E-state index in [0.717, 1.165) is 21.5 Å². The Balaban J connectivity index is 2.72. The van der Waals surface area contributed by atoms with Crippen molar-refractivity contribution in [1.82, 2.24) is 9.97 Å². The molecule has 1 heterocycles. The van der Waals surface area contributed by atoms with Crippen molar-refractivity contribution < 1.29 is 4.74 Å². The van der Waals surface area contributed by atoms with Crippen LogP contribution >= 0.6 is 31.9 Å². The maximum atomic E-state index is 4.91. The Morgan fingerprint density at radius 3 is 2.42 bits per heavy atom. The van der Waals surface area contributed by atoms with E-state index in [-0.39, 0.29) is 0 Å². The molecule has 0 N–H and O–H groups in total. The molecule has 0 fully saturated rings. The van der Waals surface area contributed by atoms with Crippen molar-refractivity contribution in [1.29, 1.82) is 0 Å². The van der Waals surface area contributed by atoms with Crippen molar-refractivity contribution >= 4 is 31.9 Å². The minimum absolute atomic E-state index is 0.642. The molecular formula is C7H8Br2N2O. The molecule has 66 valence electrons. The van der Waals surface area contributed by atoms with Crippen molar-refractivity contribution in [3.8, 4) is 0 Å². The van der Waals surface area contributed by atoms with Crippen LogP contribution in [-0.2, 0) is 11.2 Å². The Labute approximate surface area is 87.8 Å². The lowest BCUT2D eigenvalue weighted by Gasteiger charge is -1.99. The van der Waals surface area contributed by atoms with Gasteiger partial charge in [0.2, 0.25) is 0 Å². The van der Waals surface area contributed by atoms with E-state index < -0.39 is 0 Å². The quantitative estimate of drug-likeness (QED) is 0.802. The van der Waals surface area contributed by atoms with E-state index in [1.54, 1.807) is 13.2 Å². The summed E-state index contributed by atoms with van der Waals surface area (Å²) in [5, 5.41) is 0.